The van der Waals surface area contributed by atoms with E-state index in [2.05, 4.69) is 0 Å². The van der Waals surface area contributed by atoms with Crippen molar-refractivity contribution in [3.8, 4) is 0 Å². The second-order valence-electron chi connectivity index (χ2n) is 2.63. The third kappa shape index (κ3) is 1.64. The van der Waals surface area contributed by atoms with Crippen LogP contribution >= 0.6 is 0 Å². The first-order chi connectivity index (χ1) is 6.06. The predicted molar refractivity (Wildman–Crippen MR) is 47.6 cm³/mol. The zero-order valence-corrected chi connectivity index (χ0v) is 6.98. The van der Waals surface area contributed by atoms with Crippen molar-refractivity contribution in [2.24, 2.45) is 0 Å². The molecule has 0 unspecified atom stereocenters. The van der Waals surface area contributed by atoms with Crippen LogP contribution in [0.15, 0.2) is 12.1 Å². The Bertz CT molecular complexity index is 374. The third-order valence-electron chi connectivity index (χ3n) is 1.78. The number of rotatable bonds is 2. The minimum absolute atomic E-state index is 0.123. The first-order valence-electron chi connectivity index (χ1n) is 3.56. The molecule has 0 heterocycles. The van der Waals surface area contributed by atoms with Crippen LogP contribution in [-0.4, -0.2) is 11.2 Å². The molecule has 0 aliphatic carbocycles. The van der Waals surface area contributed by atoms with Crippen molar-refractivity contribution in [1.82, 2.24) is 0 Å². The first-order valence-corrected chi connectivity index (χ1v) is 3.56. The van der Waals surface area contributed by atoms with E-state index in [1.54, 1.807) is 6.92 Å². The maximum atomic E-state index is 10.5. The first kappa shape index (κ1) is 9.18. The zero-order valence-electron chi connectivity index (χ0n) is 6.98. The van der Waals surface area contributed by atoms with Gasteiger partial charge in [-0.15, -0.1) is 0 Å². The molecular formula is C8H8N2O3. The van der Waals surface area contributed by atoms with Gasteiger partial charge in [-0.1, -0.05) is 0 Å². The van der Waals surface area contributed by atoms with Gasteiger partial charge in [-0.25, -0.2) is 0 Å². The number of nitrogens with zero attached hydrogens (tertiary/aromatic N) is 1. The highest BCUT2D eigenvalue weighted by Gasteiger charge is 2.13. The molecule has 5 nitrogen and oxygen atoms in total. The van der Waals surface area contributed by atoms with Crippen LogP contribution in [0.2, 0.25) is 0 Å². The summed E-state index contributed by atoms with van der Waals surface area (Å²) >= 11 is 0. The molecule has 0 radical (unpaired) electrons. The van der Waals surface area contributed by atoms with Gasteiger partial charge in [0.15, 0.2) is 0 Å². The minimum atomic E-state index is -0.557. The molecule has 0 fully saturated rings. The van der Waals surface area contributed by atoms with Crippen molar-refractivity contribution in [3.05, 3.63) is 33.4 Å². The minimum Gasteiger partial charge on any atom is -0.398 e. The van der Waals surface area contributed by atoms with Gasteiger partial charge in [-0.05, 0) is 13.0 Å². The van der Waals surface area contributed by atoms with Crippen molar-refractivity contribution in [2.45, 2.75) is 6.92 Å². The van der Waals surface area contributed by atoms with E-state index in [0.717, 1.165) is 0 Å². The van der Waals surface area contributed by atoms with Crippen molar-refractivity contribution < 1.29 is 9.72 Å². The molecule has 0 aromatic heterocycles. The molecule has 0 saturated heterocycles. The summed E-state index contributed by atoms with van der Waals surface area (Å²) < 4.78 is 0. The standard InChI is InChI=1S/C8H8N2O3/c1-5-7(9)2-6(4-11)3-8(5)10(12)13/h2-4H,9H2,1H3. The molecule has 68 valence electrons. The van der Waals surface area contributed by atoms with Crippen molar-refractivity contribution in [1.29, 1.82) is 0 Å². The van der Waals surface area contributed by atoms with E-state index in [9.17, 15) is 14.9 Å². The van der Waals surface area contributed by atoms with E-state index in [1.165, 1.54) is 12.1 Å². The number of nitro benzene ring substituents is 1. The van der Waals surface area contributed by atoms with Gasteiger partial charge in [0.25, 0.3) is 5.69 Å². The summed E-state index contributed by atoms with van der Waals surface area (Å²) in [5.41, 5.74) is 6.21. The molecule has 2 N–H and O–H groups in total. The van der Waals surface area contributed by atoms with Gasteiger partial charge < -0.3 is 5.73 Å². The fraction of sp³-hybridized carbons (Fsp3) is 0.125. The van der Waals surface area contributed by atoms with Gasteiger partial charge in [0.1, 0.15) is 6.29 Å². The van der Waals surface area contributed by atoms with Crippen LogP contribution in [0.5, 0.6) is 0 Å². The molecule has 5 heteroatoms. The van der Waals surface area contributed by atoms with E-state index in [-0.39, 0.29) is 16.9 Å². The summed E-state index contributed by atoms with van der Waals surface area (Å²) in [6, 6.07) is 2.62. The SMILES string of the molecule is Cc1c(N)cc(C=O)cc1[N+](=O)[O-]. The Hall–Kier alpha value is -1.91. The molecule has 0 aliphatic heterocycles. The fourth-order valence-electron chi connectivity index (χ4n) is 1.00. The molecule has 13 heavy (non-hydrogen) atoms. The molecule has 0 saturated carbocycles. The van der Waals surface area contributed by atoms with Crippen LogP contribution in [-0.2, 0) is 0 Å². The summed E-state index contributed by atoms with van der Waals surface area (Å²) in [5.74, 6) is 0. The Morgan fingerprint density at radius 3 is 2.62 bits per heavy atom. The number of carbonyl (C=O) groups is 1. The van der Waals surface area contributed by atoms with Crippen LogP contribution < -0.4 is 5.73 Å². The van der Waals surface area contributed by atoms with Gasteiger partial charge in [-0.3, -0.25) is 14.9 Å². The van der Waals surface area contributed by atoms with Gasteiger partial charge in [0, 0.05) is 22.9 Å². The van der Waals surface area contributed by atoms with E-state index in [1.807, 2.05) is 0 Å². The smallest absolute Gasteiger partial charge is 0.275 e. The molecule has 1 aromatic carbocycles. The number of nitro groups is 1. The number of hydrogen-bond donors (Lipinski definition) is 1. The van der Waals surface area contributed by atoms with Gasteiger partial charge >= 0.3 is 0 Å². The molecule has 0 spiro atoms. The summed E-state index contributed by atoms with van der Waals surface area (Å²) in [6.07, 6.45) is 0.531. The number of carbonyl (C=O) groups excluding carboxylic acids is 1. The van der Waals surface area contributed by atoms with Gasteiger partial charge in [-0.2, -0.15) is 0 Å². The lowest BCUT2D eigenvalue weighted by molar-refractivity contribution is -0.385. The molecule has 0 aliphatic rings. The summed E-state index contributed by atoms with van der Waals surface area (Å²) in [7, 11) is 0. The van der Waals surface area contributed by atoms with Crippen LogP contribution in [0.25, 0.3) is 0 Å². The summed E-state index contributed by atoms with van der Waals surface area (Å²) in [5, 5.41) is 10.5. The quantitative estimate of drug-likeness (QED) is 0.321. The Morgan fingerprint density at radius 2 is 2.15 bits per heavy atom. The lowest BCUT2D eigenvalue weighted by Gasteiger charge is -2.01. The van der Waals surface area contributed by atoms with Crippen LogP contribution in [0.3, 0.4) is 0 Å². The van der Waals surface area contributed by atoms with Crippen molar-refractivity contribution in [3.63, 3.8) is 0 Å². The van der Waals surface area contributed by atoms with Crippen molar-refractivity contribution in [2.75, 3.05) is 5.73 Å². The monoisotopic (exact) mass is 180 g/mol. The summed E-state index contributed by atoms with van der Waals surface area (Å²) in [4.78, 5) is 20.3. The Kier molecular flexibility index (Phi) is 2.27. The number of anilines is 1. The van der Waals surface area contributed by atoms with E-state index in [0.29, 0.717) is 11.8 Å². The highest BCUT2D eigenvalue weighted by molar-refractivity contribution is 5.80. The molecule has 1 rings (SSSR count). The molecule has 1 aromatic rings. The molecule has 0 amide bonds. The lowest BCUT2D eigenvalue weighted by Crippen LogP contribution is -1.98. The third-order valence-corrected chi connectivity index (χ3v) is 1.78. The number of hydrogen-bond acceptors (Lipinski definition) is 4. The molecule has 0 bridgehead atoms. The van der Waals surface area contributed by atoms with Crippen molar-refractivity contribution >= 4 is 17.7 Å². The number of nitrogens with two attached hydrogens (primary N) is 1. The summed E-state index contributed by atoms with van der Waals surface area (Å²) in [6.45, 7) is 1.54. The average Bonchev–Trinajstić information content (AvgIpc) is 2.09. The molecular weight excluding hydrogens is 172 g/mol. The van der Waals surface area contributed by atoms with E-state index in [4.69, 9.17) is 5.73 Å². The average molecular weight is 180 g/mol. The Labute approximate surface area is 74.3 Å². The largest absolute Gasteiger partial charge is 0.398 e. The number of nitrogen functional groups attached to an aromatic ring is 1. The van der Waals surface area contributed by atoms with Crippen LogP contribution in [0.1, 0.15) is 15.9 Å². The Balaban J connectivity index is 3.41. The normalized spacial score (nSPS) is 9.62. The predicted octanol–water partition coefficient (Wildman–Crippen LogP) is 1.30. The van der Waals surface area contributed by atoms with E-state index >= 15 is 0 Å². The van der Waals surface area contributed by atoms with E-state index < -0.39 is 4.92 Å². The van der Waals surface area contributed by atoms with Gasteiger partial charge in [0.05, 0.1) is 4.92 Å². The number of aldehydes is 1. The highest BCUT2D eigenvalue weighted by atomic mass is 16.6. The zero-order chi connectivity index (χ0) is 10.0. The maximum Gasteiger partial charge on any atom is 0.275 e. The number of benzene rings is 1. The van der Waals surface area contributed by atoms with Crippen LogP contribution in [0.4, 0.5) is 11.4 Å². The van der Waals surface area contributed by atoms with Crippen LogP contribution in [0, 0.1) is 17.0 Å². The fourth-order valence-corrected chi connectivity index (χ4v) is 1.00. The van der Waals surface area contributed by atoms with Gasteiger partial charge in [0.2, 0.25) is 0 Å². The highest BCUT2D eigenvalue weighted by Crippen LogP contribution is 2.24. The Morgan fingerprint density at radius 1 is 1.54 bits per heavy atom. The maximum absolute atomic E-state index is 10.5. The second-order valence-corrected chi connectivity index (χ2v) is 2.63. The molecule has 0 atom stereocenters. The second kappa shape index (κ2) is 3.22. The topological polar surface area (TPSA) is 86.2 Å². The lowest BCUT2D eigenvalue weighted by atomic mass is 10.1.